The number of thiol groups is 1. The number of carboxylic acids is 1. The number of H-pyrrole nitrogens is 1. The van der Waals surface area contributed by atoms with Gasteiger partial charge < -0.3 is 43.2 Å². The van der Waals surface area contributed by atoms with E-state index in [1.54, 1.807) is 0 Å². The molecule has 0 aliphatic heterocycles. The third kappa shape index (κ3) is 9.56. The Labute approximate surface area is 193 Å². The first kappa shape index (κ1) is 27.4. The summed E-state index contributed by atoms with van der Waals surface area (Å²) in [5.74, 6) is -6.40. The zero-order valence-corrected chi connectivity index (χ0v) is 18.2. The summed E-state index contributed by atoms with van der Waals surface area (Å²) in [7, 11) is 0. The molecule has 11 N–H and O–H groups in total. The fraction of sp³-hybridized carbons (Fsp3) is 0.471. The second-order valence-electron chi connectivity index (χ2n) is 6.93. The van der Waals surface area contributed by atoms with E-state index in [0.717, 1.165) is 0 Å². The van der Waals surface area contributed by atoms with Crippen LogP contribution >= 0.6 is 12.6 Å². The van der Waals surface area contributed by atoms with Gasteiger partial charge in [0, 0.05) is 24.1 Å². The number of nitrogens with one attached hydrogen (secondary N) is 4. The van der Waals surface area contributed by atoms with Gasteiger partial charge in [0.1, 0.15) is 18.1 Å². The highest BCUT2D eigenvalue weighted by Crippen LogP contribution is 2.01. The summed E-state index contributed by atoms with van der Waals surface area (Å²) in [6.45, 7) is 0. The van der Waals surface area contributed by atoms with Crippen molar-refractivity contribution in [2.24, 2.45) is 17.2 Å². The van der Waals surface area contributed by atoms with Gasteiger partial charge in [-0.05, 0) is 0 Å². The first-order chi connectivity index (χ1) is 15.4. The zero-order chi connectivity index (χ0) is 25.1. The molecule has 15 nitrogen and oxygen atoms in total. The summed E-state index contributed by atoms with van der Waals surface area (Å²) in [5, 5.41) is 15.7. The van der Waals surface area contributed by atoms with Gasteiger partial charge in [-0.25, -0.2) is 9.78 Å². The predicted octanol–water partition coefficient (Wildman–Crippen LogP) is -4.50. The maximum absolute atomic E-state index is 12.6. The van der Waals surface area contributed by atoms with Crippen LogP contribution in [0.3, 0.4) is 0 Å². The molecule has 4 unspecified atom stereocenters. The molecular formula is C17H26N8O7S. The highest BCUT2D eigenvalue weighted by molar-refractivity contribution is 7.80. The van der Waals surface area contributed by atoms with Gasteiger partial charge in [-0.15, -0.1) is 0 Å². The summed E-state index contributed by atoms with van der Waals surface area (Å²) < 4.78 is 0. The lowest BCUT2D eigenvalue weighted by Gasteiger charge is -2.23. The molecule has 1 aromatic rings. The van der Waals surface area contributed by atoms with Crippen molar-refractivity contribution in [3.8, 4) is 0 Å². The number of aromatic nitrogens is 2. The van der Waals surface area contributed by atoms with Crippen LogP contribution < -0.4 is 33.2 Å². The van der Waals surface area contributed by atoms with E-state index >= 15 is 0 Å². The predicted molar refractivity (Wildman–Crippen MR) is 115 cm³/mol. The molecule has 0 saturated heterocycles. The zero-order valence-electron chi connectivity index (χ0n) is 17.3. The largest absolute Gasteiger partial charge is 0.480 e. The molecule has 182 valence electrons. The van der Waals surface area contributed by atoms with Crippen LogP contribution in [0.5, 0.6) is 0 Å². The van der Waals surface area contributed by atoms with Gasteiger partial charge in [-0.2, -0.15) is 12.6 Å². The molecule has 1 heterocycles. The van der Waals surface area contributed by atoms with Gasteiger partial charge >= 0.3 is 5.97 Å². The number of carbonyl (C=O) groups excluding carboxylic acids is 5. The topological polar surface area (TPSA) is 265 Å². The van der Waals surface area contributed by atoms with Crippen molar-refractivity contribution >= 4 is 48.1 Å². The van der Waals surface area contributed by atoms with E-state index in [0.29, 0.717) is 5.69 Å². The second kappa shape index (κ2) is 13.0. The average Bonchev–Trinajstić information content (AvgIpc) is 3.22. The van der Waals surface area contributed by atoms with Crippen LogP contribution in [0.15, 0.2) is 12.5 Å². The molecule has 0 saturated carbocycles. The summed E-state index contributed by atoms with van der Waals surface area (Å²) in [5.41, 5.74) is 16.5. The standard InChI is InChI=1S/C17H26N8O7S/c18-8(1-7-4-21-6-22-7)14(28)23-9(2-12(19)26)15(29)25-11(5-33)16(30)24-10(17(31)32)3-13(20)27/h4,6,8-11,33H,1-3,5,18H2,(H2,19,26)(H2,20,27)(H,21,22)(H,23,28)(H,24,30)(H,25,29)(H,31,32). The molecule has 33 heavy (non-hydrogen) atoms. The van der Waals surface area contributed by atoms with E-state index in [9.17, 15) is 28.8 Å². The van der Waals surface area contributed by atoms with Crippen molar-refractivity contribution in [2.45, 2.75) is 43.4 Å². The van der Waals surface area contributed by atoms with Crippen molar-refractivity contribution in [1.82, 2.24) is 25.9 Å². The van der Waals surface area contributed by atoms with E-state index in [-0.39, 0.29) is 12.2 Å². The van der Waals surface area contributed by atoms with Crippen LogP contribution in [0.1, 0.15) is 18.5 Å². The molecule has 0 radical (unpaired) electrons. The van der Waals surface area contributed by atoms with Crippen LogP contribution in [0.4, 0.5) is 0 Å². The molecule has 5 amide bonds. The van der Waals surface area contributed by atoms with Crippen LogP contribution in [0, 0.1) is 0 Å². The minimum Gasteiger partial charge on any atom is -0.480 e. The molecular weight excluding hydrogens is 460 g/mol. The van der Waals surface area contributed by atoms with E-state index in [2.05, 4.69) is 38.5 Å². The number of carbonyl (C=O) groups is 6. The Bertz CT molecular complexity index is 879. The Morgan fingerprint density at radius 1 is 0.939 bits per heavy atom. The molecule has 4 atom stereocenters. The lowest BCUT2D eigenvalue weighted by molar-refractivity contribution is -0.143. The first-order valence-electron chi connectivity index (χ1n) is 9.48. The maximum Gasteiger partial charge on any atom is 0.326 e. The quantitative estimate of drug-likeness (QED) is 0.114. The number of primary amides is 2. The number of imidazole rings is 1. The molecule has 0 fully saturated rings. The van der Waals surface area contributed by atoms with Crippen molar-refractivity contribution in [1.29, 1.82) is 0 Å². The Hall–Kier alpha value is -3.66. The van der Waals surface area contributed by atoms with Crippen molar-refractivity contribution in [2.75, 3.05) is 5.75 Å². The number of aliphatic carboxylic acids is 1. The Kier molecular flexibility index (Phi) is 10.8. The highest BCUT2D eigenvalue weighted by Gasteiger charge is 2.31. The van der Waals surface area contributed by atoms with E-state index in [1.165, 1.54) is 12.5 Å². The maximum atomic E-state index is 12.6. The number of hydrogen-bond donors (Lipinski definition) is 9. The number of hydrogen-bond acceptors (Lipinski definition) is 9. The fourth-order valence-electron chi connectivity index (χ4n) is 2.56. The van der Waals surface area contributed by atoms with Crippen LogP contribution in [0.25, 0.3) is 0 Å². The third-order valence-corrected chi connectivity index (χ3v) is 4.57. The number of nitrogens with zero attached hydrogens (tertiary/aromatic N) is 1. The number of nitrogens with two attached hydrogens (primary N) is 3. The monoisotopic (exact) mass is 486 g/mol. The number of carboxylic acid groups (broad SMARTS) is 1. The number of amides is 5. The summed E-state index contributed by atoms with van der Waals surface area (Å²) >= 11 is 3.94. The van der Waals surface area contributed by atoms with Gasteiger partial charge in [0.15, 0.2) is 0 Å². The second-order valence-corrected chi connectivity index (χ2v) is 7.30. The molecule has 0 aliphatic carbocycles. The van der Waals surface area contributed by atoms with Gasteiger partial charge in [0.25, 0.3) is 0 Å². The van der Waals surface area contributed by atoms with Crippen molar-refractivity contribution < 1.29 is 33.9 Å². The average molecular weight is 487 g/mol. The Morgan fingerprint density at radius 3 is 1.94 bits per heavy atom. The van der Waals surface area contributed by atoms with Crippen molar-refractivity contribution in [3.05, 3.63) is 18.2 Å². The molecule has 1 rings (SSSR count). The summed E-state index contributed by atoms with van der Waals surface area (Å²) in [6, 6.07) is -5.57. The Morgan fingerprint density at radius 2 is 1.45 bits per heavy atom. The van der Waals surface area contributed by atoms with Crippen LogP contribution in [-0.4, -0.2) is 80.5 Å². The lowest BCUT2D eigenvalue weighted by Crippen LogP contribution is -2.58. The smallest absolute Gasteiger partial charge is 0.326 e. The lowest BCUT2D eigenvalue weighted by atomic mass is 10.1. The van der Waals surface area contributed by atoms with Crippen LogP contribution in [0.2, 0.25) is 0 Å². The molecule has 0 aliphatic rings. The summed E-state index contributed by atoms with van der Waals surface area (Å²) in [4.78, 5) is 77.5. The fourth-order valence-corrected chi connectivity index (χ4v) is 2.81. The normalized spacial score (nSPS) is 14.2. The minimum atomic E-state index is -1.63. The summed E-state index contributed by atoms with van der Waals surface area (Å²) in [6.07, 6.45) is 1.63. The van der Waals surface area contributed by atoms with E-state index < -0.39 is 72.5 Å². The Balaban J connectivity index is 2.84. The van der Waals surface area contributed by atoms with Crippen LogP contribution in [-0.2, 0) is 35.2 Å². The first-order valence-corrected chi connectivity index (χ1v) is 10.1. The SMILES string of the molecule is NC(=O)CC(NC(=O)C(CS)NC(=O)C(CC(N)=O)NC(=O)C(N)Cc1cnc[nH]1)C(=O)O. The molecule has 0 bridgehead atoms. The van der Waals surface area contributed by atoms with Gasteiger partial charge in [0.05, 0.1) is 25.2 Å². The van der Waals surface area contributed by atoms with E-state index in [1.807, 2.05) is 0 Å². The molecule has 0 spiro atoms. The highest BCUT2D eigenvalue weighted by atomic mass is 32.1. The molecule has 1 aromatic heterocycles. The van der Waals surface area contributed by atoms with Gasteiger partial charge in [-0.3, -0.25) is 24.0 Å². The van der Waals surface area contributed by atoms with Crippen molar-refractivity contribution in [3.63, 3.8) is 0 Å². The number of rotatable bonds is 14. The molecule has 16 heteroatoms. The minimum absolute atomic E-state index is 0.0643. The third-order valence-electron chi connectivity index (χ3n) is 4.21. The number of aromatic amines is 1. The van der Waals surface area contributed by atoms with Gasteiger partial charge in [0.2, 0.25) is 29.5 Å². The van der Waals surface area contributed by atoms with E-state index in [4.69, 9.17) is 22.3 Å². The molecule has 0 aromatic carbocycles. The van der Waals surface area contributed by atoms with Gasteiger partial charge in [-0.1, -0.05) is 0 Å².